The van der Waals surface area contributed by atoms with E-state index >= 15 is 0 Å². The van der Waals surface area contributed by atoms with Gasteiger partial charge in [0.15, 0.2) is 5.60 Å². The van der Waals surface area contributed by atoms with Gasteiger partial charge >= 0.3 is 0 Å². The lowest BCUT2D eigenvalue weighted by atomic mass is 9.67. The predicted octanol–water partition coefficient (Wildman–Crippen LogP) is 6.51. The minimum atomic E-state index is -0.908. The monoisotopic (exact) mass is 478 g/mol. The van der Waals surface area contributed by atoms with E-state index in [4.69, 9.17) is 4.74 Å². The number of nitrogens with zero attached hydrogens (tertiary/aromatic N) is 1. The number of hydrogen-bond acceptors (Lipinski definition) is 2. The number of hydrogen-bond donors (Lipinski definition) is 1. The van der Waals surface area contributed by atoms with Gasteiger partial charge in [-0.15, -0.1) is 0 Å². The summed E-state index contributed by atoms with van der Waals surface area (Å²) >= 11 is 0. The number of methoxy groups -OCH3 is 1. The van der Waals surface area contributed by atoms with Crippen molar-refractivity contribution in [1.29, 1.82) is 0 Å². The first-order chi connectivity index (χ1) is 17.0. The molecule has 7 rings (SSSR count). The van der Waals surface area contributed by atoms with Crippen molar-refractivity contribution in [1.82, 2.24) is 0 Å². The molecule has 1 aliphatic heterocycles. The molecule has 3 nitrogen and oxygen atoms in total. The highest BCUT2D eigenvalue weighted by molar-refractivity contribution is 6.06. The topological polar surface area (TPSA) is 33.3 Å². The molecule has 3 unspecified atom stereocenters. The molecule has 2 aliphatic carbocycles. The summed E-state index contributed by atoms with van der Waals surface area (Å²) in [7, 11) is 1.70. The highest BCUT2D eigenvalue weighted by atomic mass is 16.5. The Morgan fingerprint density at radius 1 is 1.00 bits per heavy atom. The lowest BCUT2D eigenvalue weighted by Crippen LogP contribution is -2.45. The molecular weight excluding hydrogens is 442 g/mol. The summed E-state index contributed by atoms with van der Waals surface area (Å²) in [6.07, 6.45) is 1.01. The molecule has 0 bridgehead atoms. The van der Waals surface area contributed by atoms with Crippen molar-refractivity contribution in [3.8, 4) is 11.3 Å². The first-order valence-electron chi connectivity index (χ1n) is 13.3. The first kappa shape index (κ1) is 22.4. The molecule has 2 heterocycles. The number of benzene rings is 3. The number of fused-ring (bicyclic) bond motifs is 5. The third kappa shape index (κ3) is 2.63. The van der Waals surface area contributed by atoms with E-state index in [-0.39, 0.29) is 22.8 Å². The predicted molar refractivity (Wildman–Crippen MR) is 146 cm³/mol. The van der Waals surface area contributed by atoms with Crippen LogP contribution in [-0.4, -0.2) is 24.4 Å². The molecule has 0 saturated heterocycles. The SMILES string of the molecule is COCC1(O)C2c3cc(C)c4cccc5c4c3-c3c(cc4c(CC(C)(C)C)cccc4[n+]3C21)C5(C)C. The zero-order valence-corrected chi connectivity index (χ0v) is 22.5. The van der Waals surface area contributed by atoms with Gasteiger partial charge in [-0.2, -0.15) is 4.57 Å². The lowest BCUT2D eigenvalue weighted by Gasteiger charge is -2.36. The second kappa shape index (κ2) is 6.76. The molecule has 1 saturated carbocycles. The molecule has 1 fully saturated rings. The van der Waals surface area contributed by atoms with Gasteiger partial charge in [0.2, 0.25) is 17.3 Å². The van der Waals surface area contributed by atoms with Crippen molar-refractivity contribution in [3.05, 3.63) is 76.3 Å². The average Bonchev–Trinajstić information content (AvgIpc) is 3.41. The largest absolute Gasteiger partial charge is 0.381 e. The lowest BCUT2D eigenvalue weighted by molar-refractivity contribution is -0.673. The number of aryl methyl sites for hydroxylation is 1. The Balaban J connectivity index is 1.69. The molecule has 3 atom stereocenters. The normalized spacial score (nSPS) is 24.8. The highest BCUT2D eigenvalue weighted by Gasteiger charge is 2.76. The third-order valence-electron chi connectivity index (χ3n) is 9.17. The van der Waals surface area contributed by atoms with E-state index in [2.05, 4.69) is 94.6 Å². The van der Waals surface area contributed by atoms with Crippen LogP contribution in [0.1, 0.15) is 74.4 Å². The van der Waals surface area contributed by atoms with Crippen LogP contribution in [0.15, 0.2) is 48.5 Å². The summed E-state index contributed by atoms with van der Waals surface area (Å²) in [4.78, 5) is 0. The molecule has 36 heavy (non-hydrogen) atoms. The summed E-state index contributed by atoms with van der Waals surface area (Å²) in [6.45, 7) is 14.2. The van der Waals surface area contributed by atoms with E-state index in [1.807, 2.05) is 0 Å². The molecule has 184 valence electrons. The van der Waals surface area contributed by atoms with E-state index in [9.17, 15) is 5.11 Å². The molecular formula is C33H36NO2+. The van der Waals surface area contributed by atoms with Gasteiger partial charge in [-0.25, -0.2) is 0 Å². The summed E-state index contributed by atoms with van der Waals surface area (Å²) < 4.78 is 8.14. The van der Waals surface area contributed by atoms with Crippen LogP contribution in [0.5, 0.6) is 0 Å². The van der Waals surface area contributed by atoms with Crippen LogP contribution in [-0.2, 0) is 16.6 Å². The Morgan fingerprint density at radius 3 is 2.47 bits per heavy atom. The highest BCUT2D eigenvalue weighted by Crippen LogP contribution is 2.66. The van der Waals surface area contributed by atoms with Crippen LogP contribution >= 0.6 is 0 Å². The van der Waals surface area contributed by atoms with Gasteiger partial charge in [-0.3, -0.25) is 0 Å². The van der Waals surface area contributed by atoms with E-state index < -0.39 is 5.60 Å². The fourth-order valence-corrected chi connectivity index (χ4v) is 7.65. The van der Waals surface area contributed by atoms with Gasteiger partial charge in [0.25, 0.3) is 0 Å². The van der Waals surface area contributed by atoms with Crippen LogP contribution in [0.4, 0.5) is 0 Å². The van der Waals surface area contributed by atoms with Crippen LogP contribution in [0.3, 0.4) is 0 Å². The fraction of sp³-hybridized carbons (Fsp3) is 0.424. The van der Waals surface area contributed by atoms with Gasteiger partial charge in [-0.05, 0) is 52.5 Å². The Morgan fingerprint density at radius 2 is 1.75 bits per heavy atom. The second-order valence-corrected chi connectivity index (χ2v) is 13.2. The minimum absolute atomic E-state index is 0.0230. The van der Waals surface area contributed by atoms with Crippen LogP contribution in [0.25, 0.3) is 32.9 Å². The van der Waals surface area contributed by atoms with Crippen molar-refractivity contribution in [3.63, 3.8) is 0 Å². The number of pyridine rings is 1. The van der Waals surface area contributed by atoms with Crippen LogP contribution in [0.2, 0.25) is 0 Å². The second-order valence-electron chi connectivity index (χ2n) is 13.2. The summed E-state index contributed by atoms with van der Waals surface area (Å²) in [6, 6.07) is 18.4. The number of aliphatic hydroxyl groups is 1. The number of rotatable bonds is 3. The minimum Gasteiger partial charge on any atom is -0.381 e. The average molecular weight is 479 g/mol. The molecule has 4 aromatic rings. The maximum atomic E-state index is 12.1. The molecule has 1 N–H and O–H groups in total. The van der Waals surface area contributed by atoms with E-state index in [0.717, 1.165) is 6.42 Å². The van der Waals surface area contributed by atoms with Gasteiger partial charge in [0.05, 0.1) is 18.1 Å². The molecule has 3 heteroatoms. The smallest absolute Gasteiger partial charge is 0.218 e. The van der Waals surface area contributed by atoms with Crippen LogP contribution < -0.4 is 4.57 Å². The van der Waals surface area contributed by atoms with Crippen molar-refractivity contribution in [2.75, 3.05) is 13.7 Å². The molecule has 3 aromatic carbocycles. The summed E-state index contributed by atoms with van der Waals surface area (Å²) in [5, 5.41) is 16.1. The Labute approximate surface area is 213 Å². The molecule has 0 radical (unpaired) electrons. The molecule has 0 spiro atoms. The van der Waals surface area contributed by atoms with Gasteiger partial charge in [0, 0.05) is 34.9 Å². The quantitative estimate of drug-likeness (QED) is 0.340. The molecule has 3 aliphatic rings. The molecule has 1 aromatic heterocycles. The maximum Gasteiger partial charge on any atom is 0.218 e. The fourth-order valence-electron chi connectivity index (χ4n) is 7.65. The van der Waals surface area contributed by atoms with Gasteiger partial charge in [0.1, 0.15) is 0 Å². The summed E-state index contributed by atoms with van der Waals surface area (Å²) in [5.41, 5.74) is 9.70. The van der Waals surface area contributed by atoms with Crippen LogP contribution in [0, 0.1) is 12.3 Å². The Kier molecular flexibility index (Phi) is 4.22. The zero-order chi connectivity index (χ0) is 25.4. The van der Waals surface area contributed by atoms with E-state index in [0.29, 0.717) is 6.61 Å². The zero-order valence-electron chi connectivity index (χ0n) is 22.5. The van der Waals surface area contributed by atoms with E-state index in [1.165, 1.54) is 60.8 Å². The Hall–Kier alpha value is -2.75. The Bertz CT molecular complexity index is 1620. The number of aromatic nitrogens is 1. The third-order valence-corrected chi connectivity index (χ3v) is 9.17. The van der Waals surface area contributed by atoms with Crippen molar-refractivity contribution < 1.29 is 14.4 Å². The standard InChI is InChI=1S/C33H36NO2/c1-18-14-22-27-26-20(18)11-9-12-23(26)32(5,6)24-15-21-19(16-31(2,3)4)10-8-13-25(21)34(29(24)27)30-28(22)33(30,35)17-36-7/h8-15,28,30,35H,16-17H2,1-7H3/q+1. The molecule has 0 amide bonds. The number of ether oxygens (including phenoxy) is 1. The van der Waals surface area contributed by atoms with Gasteiger partial charge < -0.3 is 9.84 Å². The first-order valence-corrected chi connectivity index (χ1v) is 13.3. The summed E-state index contributed by atoms with van der Waals surface area (Å²) in [5.74, 6) is 0.0343. The maximum absolute atomic E-state index is 12.1. The van der Waals surface area contributed by atoms with Crippen molar-refractivity contribution in [2.45, 2.75) is 70.9 Å². The van der Waals surface area contributed by atoms with Crippen molar-refractivity contribution in [2.24, 2.45) is 5.41 Å². The van der Waals surface area contributed by atoms with E-state index in [1.54, 1.807) is 7.11 Å². The van der Waals surface area contributed by atoms with Gasteiger partial charge in [-0.1, -0.05) is 71.0 Å². The van der Waals surface area contributed by atoms with Crippen molar-refractivity contribution >= 4 is 21.7 Å².